The highest BCUT2D eigenvalue weighted by atomic mass is 16.4. The summed E-state index contributed by atoms with van der Waals surface area (Å²) in [4.78, 5) is 15.2. The van der Waals surface area contributed by atoms with Crippen LogP contribution in [-0.2, 0) is 21.7 Å². The maximum atomic E-state index is 7.54. The van der Waals surface area contributed by atoms with Gasteiger partial charge in [0.15, 0.2) is 0 Å². The largest absolute Gasteiger partial charge is 0.407 e. The molecule has 1 aromatic heterocycles. The van der Waals surface area contributed by atoms with Crippen LogP contribution >= 0.6 is 0 Å². The zero-order chi connectivity index (χ0) is 51.9. The van der Waals surface area contributed by atoms with Crippen LogP contribution in [0.2, 0.25) is 0 Å². The fourth-order valence-electron chi connectivity index (χ4n) is 10.6. The number of hydrogen-bond acceptors (Lipinski definition) is 6. The lowest BCUT2D eigenvalue weighted by Crippen LogP contribution is -2.61. The van der Waals surface area contributed by atoms with Gasteiger partial charge in [-0.25, -0.2) is 4.98 Å². The van der Waals surface area contributed by atoms with Gasteiger partial charge in [-0.3, -0.25) is 9.80 Å². The van der Waals surface area contributed by atoms with E-state index in [-0.39, 0.29) is 28.4 Å². The number of para-hydroxylation sites is 4. The predicted molar refractivity (Wildman–Crippen MR) is 315 cm³/mol. The van der Waals surface area contributed by atoms with Crippen LogP contribution in [0.4, 0.5) is 68.8 Å². The summed E-state index contributed by atoms with van der Waals surface area (Å²) >= 11 is 0. The van der Waals surface area contributed by atoms with Gasteiger partial charge in [0.1, 0.15) is 0 Å². The van der Waals surface area contributed by atoms with E-state index in [2.05, 4.69) is 297 Å². The average Bonchev–Trinajstić information content (AvgIpc) is 3.80. The molecule has 74 heavy (non-hydrogen) atoms. The fourth-order valence-corrected chi connectivity index (χ4v) is 10.6. The summed E-state index contributed by atoms with van der Waals surface area (Å²) in [6.07, 6.45) is 0. The Kier molecular flexibility index (Phi) is 11.8. The first-order valence-electron chi connectivity index (χ1n) is 26.2. The van der Waals surface area contributed by atoms with Crippen molar-refractivity contribution < 1.29 is 4.42 Å². The van der Waals surface area contributed by atoms with Crippen molar-refractivity contribution in [3.05, 3.63) is 216 Å². The lowest BCUT2D eigenvalue weighted by molar-refractivity contribution is 0.563. The Morgan fingerprint density at radius 1 is 0.378 bits per heavy atom. The topological polar surface area (TPSA) is 39.0 Å². The Morgan fingerprint density at radius 3 is 1.27 bits per heavy atom. The number of oxazole rings is 1. The Morgan fingerprint density at radius 2 is 0.811 bits per heavy atom. The van der Waals surface area contributed by atoms with E-state index in [0.29, 0.717) is 11.9 Å². The first kappa shape index (κ1) is 48.5. The van der Waals surface area contributed by atoms with Crippen LogP contribution < -0.4 is 36.1 Å². The molecule has 0 saturated carbocycles. The minimum atomic E-state index is -0.296. The van der Waals surface area contributed by atoms with E-state index in [1.165, 1.54) is 27.7 Å². The molecule has 8 aromatic carbocycles. The molecule has 0 saturated heterocycles. The molecular formula is C67H68BN5O. The molecule has 0 N–H and O–H groups in total. The molecule has 7 heteroatoms. The number of fused-ring (bicyclic) bond motifs is 4. The fraction of sp³-hybridized carbons (Fsp3) is 0.239. The van der Waals surface area contributed by atoms with Gasteiger partial charge < -0.3 is 14.2 Å². The molecule has 370 valence electrons. The Hall–Kier alpha value is -7.77. The monoisotopic (exact) mass is 970 g/mol. The molecule has 0 atom stereocenters. The first-order valence-corrected chi connectivity index (χ1v) is 26.2. The first-order chi connectivity index (χ1) is 35.2. The van der Waals surface area contributed by atoms with E-state index < -0.39 is 0 Å². The van der Waals surface area contributed by atoms with Gasteiger partial charge in [0.05, 0.1) is 17.0 Å². The molecule has 0 bridgehead atoms. The van der Waals surface area contributed by atoms with Crippen molar-refractivity contribution in [3.63, 3.8) is 0 Å². The SMILES string of the molecule is CC(C)(C)c1ccc(N2c3cc(N(c4ccccc4)c4ccccc4)ccc3B3c4nc(N(c5ccccc5)c5ccccc5)oc4N(c4cc(C(C)(C)C)cc(C(C)(C)C)c4)c4cc(C(C)(C)C)cc2c43)cc1. The third kappa shape index (κ3) is 8.76. The lowest BCUT2D eigenvalue weighted by atomic mass is 9.35. The highest BCUT2D eigenvalue weighted by molar-refractivity contribution is 6.99. The van der Waals surface area contributed by atoms with Gasteiger partial charge in [-0.1, -0.05) is 180 Å². The van der Waals surface area contributed by atoms with Crippen LogP contribution in [0.15, 0.2) is 199 Å². The van der Waals surface area contributed by atoms with Crippen molar-refractivity contribution in [2.45, 2.75) is 105 Å². The molecule has 0 aliphatic carbocycles. The number of aromatic nitrogens is 1. The number of anilines is 12. The van der Waals surface area contributed by atoms with Gasteiger partial charge in [0.25, 0.3) is 6.71 Å². The molecule has 11 rings (SSSR count). The number of hydrogen-bond donors (Lipinski definition) is 0. The van der Waals surface area contributed by atoms with Crippen molar-refractivity contribution in [3.8, 4) is 0 Å². The smallest absolute Gasteiger partial charge is 0.307 e. The molecule has 6 nitrogen and oxygen atoms in total. The predicted octanol–water partition coefficient (Wildman–Crippen LogP) is 16.9. The minimum absolute atomic E-state index is 0.0176. The van der Waals surface area contributed by atoms with E-state index in [0.717, 1.165) is 67.9 Å². The van der Waals surface area contributed by atoms with Crippen molar-refractivity contribution in [2.75, 3.05) is 19.6 Å². The van der Waals surface area contributed by atoms with Crippen LogP contribution in [0, 0.1) is 0 Å². The highest BCUT2D eigenvalue weighted by Crippen LogP contribution is 2.50. The summed E-state index contributed by atoms with van der Waals surface area (Å²) in [6.45, 7) is 27.4. The number of rotatable bonds is 8. The van der Waals surface area contributed by atoms with E-state index in [4.69, 9.17) is 9.40 Å². The standard InChI is InChI=1S/C67H68BN5O/c1-64(2,3)45-33-35-53(36-34-45)72-57-44-54(70(49-25-17-13-18-26-49)50-27-19-14-20-28-50)37-38-56(57)68-60-58(72)42-48(67(10,11)12)43-59(60)73(55-40-46(65(4,5)6)39-47(41-55)66(7,8)9)62-61(68)69-63(74-62)71(51-29-21-15-22-30-51)52-31-23-16-24-32-52/h13-44H,1-12H3. The van der Waals surface area contributed by atoms with Gasteiger partial charge in [-0.2, -0.15) is 0 Å². The summed E-state index contributed by atoms with van der Waals surface area (Å²) in [5.74, 6) is 0.713. The third-order valence-corrected chi connectivity index (χ3v) is 14.8. The summed E-state index contributed by atoms with van der Waals surface area (Å²) in [5.41, 5.74) is 18.3. The molecule has 0 unspecified atom stereocenters. The Balaban J connectivity index is 1.26. The third-order valence-electron chi connectivity index (χ3n) is 14.8. The number of nitrogens with zero attached hydrogens (tertiary/aromatic N) is 5. The van der Waals surface area contributed by atoms with Gasteiger partial charge in [-0.05, 0) is 152 Å². The number of benzene rings is 8. The maximum Gasteiger partial charge on any atom is 0.307 e. The molecule has 2 aliphatic heterocycles. The highest BCUT2D eigenvalue weighted by Gasteiger charge is 2.48. The van der Waals surface area contributed by atoms with Gasteiger partial charge in [0.2, 0.25) is 5.88 Å². The normalized spacial score (nSPS) is 13.3. The lowest BCUT2D eigenvalue weighted by Gasteiger charge is -2.43. The van der Waals surface area contributed by atoms with E-state index in [1.54, 1.807) is 0 Å². The van der Waals surface area contributed by atoms with Crippen LogP contribution in [0.5, 0.6) is 0 Å². The van der Waals surface area contributed by atoms with E-state index >= 15 is 0 Å². The van der Waals surface area contributed by atoms with E-state index in [9.17, 15) is 0 Å². The van der Waals surface area contributed by atoms with Gasteiger partial charge in [0, 0.05) is 45.5 Å². The van der Waals surface area contributed by atoms with Crippen LogP contribution in [-0.4, -0.2) is 11.7 Å². The average molecular weight is 970 g/mol. The van der Waals surface area contributed by atoms with E-state index in [1.807, 2.05) is 0 Å². The summed E-state index contributed by atoms with van der Waals surface area (Å²) < 4.78 is 7.54. The molecule has 0 fully saturated rings. The molecule has 9 aromatic rings. The van der Waals surface area contributed by atoms with Crippen LogP contribution in [0.1, 0.15) is 105 Å². The van der Waals surface area contributed by atoms with Crippen molar-refractivity contribution >= 4 is 92.0 Å². The van der Waals surface area contributed by atoms with Crippen molar-refractivity contribution in [2.24, 2.45) is 0 Å². The molecule has 3 heterocycles. The zero-order valence-electron chi connectivity index (χ0n) is 45.2. The second kappa shape index (κ2) is 18.0. The van der Waals surface area contributed by atoms with Crippen LogP contribution in [0.25, 0.3) is 0 Å². The molecule has 0 radical (unpaired) electrons. The summed E-state index contributed by atoms with van der Waals surface area (Å²) in [7, 11) is 0. The second-order valence-electron chi connectivity index (χ2n) is 24.3. The molecule has 0 amide bonds. The van der Waals surface area contributed by atoms with Gasteiger partial charge in [-0.15, -0.1) is 0 Å². The Bertz CT molecular complexity index is 3380. The Labute approximate surface area is 440 Å². The zero-order valence-corrected chi connectivity index (χ0v) is 45.2. The molecule has 2 aliphatic rings. The van der Waals surface area contributed by atoms with Crippen molar-refractivity contribution in [1.29, 1.82) is 0 Å². The quantitative estimate of drug-likeness (QED) is 0.141. The maximum absolute atomic E-state index is 7.54. The molecular weight excluding hydrogens is 902 g/mol. The summed E-state index contributed by atoms with van der Waals surface area (Å²) in [5, 5.41) is 0. The summed E-state index contributed by atoms with van der Waals surface area (Å²) in [6, 6.07) is 71.2. The van der Waals surface area contributed by atoms with Gasteiger partial charge >= 0.3 is 6.01 Å². The molecule has 0 spiro atoms. The second-order valence-corrected chi connectivity index (χ2v) is 24.3. The van der Waals surface area contributed by atoms with Crippen molar-refractivity contribution in [1.82, 2.24) is 4.98 Å². The minimum Gasteiger partial charge on any atom is -0.407 e. The van der Waals surface area contributed by atoms with Crippen LogP contribution in [0.3, 0.4) is 0 Å².